The van der Waals surface area contributed by atoms with Gasteiger partial charge in [-0.05, 0) is 60.2 Å². The van der Waals surface area contributed by atoms with Crippen molar-refractivity contribution in [3.63, 3.8) is 0 Å². The van der Waals surface area contributed by atoms with Gasteiger partial charge in [-0.1, -0.05) is 28.1 Å². The second kappa shape index (κ2) is 8.55. The smallest absolute Gasteiger partial charge is 0.231 e. The minimum atomic E-state index is -0.186. The summed E-state index contributed by atoms with van der Waals surface area (Å²) in [7, 11) is 1.57. The zero-order valence-corrected chi connectivity index (χ0v) is 17.6. The third-order valence-electron chi connectivity index (χ3n) is 4.59. The van der Waals surface area contributed by atoms with Gasteiger partial charge in [0.25, 0.3) is 0 Å². The number of hydrogen-bond donors (Lipinski definition) is 0. The van der Waals surface area contributed by atoms with Gasteiger partial charge in [0.2, 0.25) is 5.78 Å². The molecule has 0 atom stereocenters. The highest BCUT2D eigenvalue weighted by atomic mass is 79.9. The molecule has 3 aromatic carbocycles. The van der Waals surface area contributed by atoms with Crippen LogP contribution in [-0.2, 0) is 0 Å². The molecule has 0 aromatic heterocycles. The summed E-state index contributed by atoms with van der Waals surface area (Å²) >= 11 is 3.38. The lowest BCUT2D eigenvalue weighted by atomic mass is 10.1. The second-order valence-electron chi connectivity index (χ2n) is 6.59. The lowest BCUT2D eigenvalue weighted by Crippen LogP contribution is -2.11. The molecule has 0 saturated heterocycles. The summed E-state index contributed by atoms with van der Waals surface area (Å²) in [6, 6.07) is 19.3. The molecule has 1 aliphatic rings. The van der Waals surface area contributed by atoms with Gasteiger partial charge in [0.1, 0.15) is 17.2 Å². The third kappa shape index (κ3) is 4.28. The molecule has 4 rings (SSSR count). The average Bonchev–Trinajstić information content (AvgIpc) is 3.08. The fraction of sp³-hybridized carbons (Fsp3) is 0.0833. The average molecular weight is 465 g/mol. The number of benzene rings is 3. The molecule has 0 radical (unpaired) electrons. The number of hydrogen-bond acceptors (Lipinski definition) is 5. The van der Waals surface area contributed by atoms with E-state index in [1.807, 2.05) is 24.3 Å². The Morgan fingerprint density at radius 3 is 2.40 bits per heavy atom. The van der Waals surface area contributed by atoms with E-state index in [0.717, 1.165) is 10.0 Å². The maximum absolute atomic E-state index is 12.6. The van der Waals surface area contributed by atoms with Gasteiger partial charge in [-0.25, -0.2) is 0 Å². The van der Waals surface area contributed by atoms with Crippen molar-refractivity contribution in [3.8, 4) is 17.2 Å². The lowest BCUT2D eigenvalue weighted by molar-refractivity contribution is 0.0921. The highest BCUT2D eigenvalue weighted by Gasteiger charge is 2.27. The molecule has 30 heavy (non-hydrogen) atoms. The Morgan fingerprint density at radius 1 is 1.00 bits per heavy atom. The molecule has 5 nitrogen and oxygen atoms in total. The zero-order valence-electron chi connectivity index (χ0n) is 16.1. The Labute approximate surface area is 182 Å². The van der Waals surface area contributed by atoms with Crippen molar-refractivity contribution in [1.29, 1.82) is 0 Å². The number of ether oxygens (including phenoxy) is 3. The Balaban J connectivity index is 1.44. The number of carbonyl (C=O) groups excluding carboxylic acids is 2. The molecule has 0 N–H and O–H groups in total. The lowest BCUT2D eigenvalue weighted by Gasteiger charge is -2.07. The van der Waals surface area contributed by atoms with E-state index < -0.39 is 0 Å². The molecule has 0 fully saturated rings. The summed E-state index contributed by atoms with van der Waals surface area (Å²) in [5.74, 6) is 1.45. The Morgan fingerprint density at radius 2 is 1.70 bits per heavy atom. The van der Waals surface area contributed by atoms with Crippen LogP contribution in [0.4, 0.5) is 0 Å². The van der Waals surface area contributed by atoms with E-state index in [0.29, 0.717) is 28.4 Å². The fourth-order valence-corrected chi connectivity index (χ4v) is 3.24. The Kier molecular flexibility index (Phi) is 5.68. The van der Waals surface area contributed by atoms with Crippen LogP contribution in [0.1, 0.15) is 26.3 Å². The molecule has 6 heteroatoms. The van der Waals surface area contributed by atoms with Crippen molar-refractivity contribution in [1.82, 2.24) is 0 Å². The van der Waals surface area contributed by atoms with Crippen LogP contribution in [0.5, 0.6) is 17.2 Å². The van der Waals surface area contributed by atoms with E-state index in [1.165, 1.54) is 0 Å². The number of ketones is 2. The third-order valence-corrected chi connectivity index (χ3v) is 5.12. The van der Waals surface area contributed by atoms with Crippen molar-refractivity contribution in [3.05, 3.63) is 93.7 Å². The van der Waals surface area contributed by atoms with Gasteiger partial charge < -0.3 is 14.2 Å². The first kappa shape index (κ1) is 19.9. The predicted molar refractivity (Wildman–Crippen MR) is 116 cm³/mol. The molecule has 150 valence electrons. The second-order valence-corrected chi connectivity index (χ2v) is 7.51. The molecule has 0 bridgehead atoms. The number of fused-ring (bicyclic) bond motifs is 1. The van der Waals surface area contributed by atoms with Crippen molar-refractivity contribution >= 4 is 33.6 Å². The number of halogens is 1. The molecule has 1 aliphatic heterocycles. The van der Waals surface area contributed by atoms with Crippen LogP contribution in [0, 0.1) is 0 Å². The standard InChI is InChI=1S/C24H17BrO5/c1-28-18-8-4-16(5-9-18)21(26)14-29-19-10-11-20-22(13-19)30-23(24(20)27)12-15-2-6-17(25)7-3-15/h2-13H,14H2,1H3. The van der Waals surface area contributed by atoms with Crippen LogP contribution >= 0.6 is 15.9 Å². The summed E-state index contributed by atoms with van der Waals surface area (Å²) in [5.41, 5.74) is 1.85. The van der Waals surface area contributed by atoms with Crippen molar-refractivity contribution in [2.75, 3.05) is 13.7 Å². The first-order valence-electron chi connectivity index (χ1n) is 9.17. The highest BCUT2D eigenvalue weighted by molar-refractivity contribution is 9.10. The summed E-state index contributed by atoms with van der Waals surface area (Å²) in [6.45, 7) is -0.124. The summed E-state index contributed by atoms with van der Waals surface area (Å²) in [4.78, 5) is 24.9. The largest absolute Gasteiger partial charge is 0.497 e. The van der Waals surface area contributed by atoms with E-state index in [2.05, 4.69) is 15.9 Å². The molecular formula is C24H17BrO5. The Bertz CT molecular complexity index is 1130. The summed E-state index contributed by atoms with van der Waals surface area (Å²) < 4.78 is 17.4. The number of rotatable bonds is 6. The summed E-state index contributed by atoms with van der Waals surface area (Å²) in [6.07, 6.45) is 1.70. The predicted octanol–water partition coefficient (Wildman–Crippen LogP) is 5.34. The quantitative estimate of drug-likeness (QED) is 0.364. The van der Waals surface area contributed by atoms with Crippen LogP contribution in [0.3, 0.4) is 0 Å². The van der Waals surface area contributed by atoms with Gasteiger partial charge in [-0.3, -0.25) is 9.59 Å². The van der Waals surface area contributed by atoms with Crippen molar-refractivity contribution in [2.45, 2.75) is 0 Å². The van der Waals surface area contributed by atoms with Crippen molar-refractivity contribution < 1.29 is 23.8 Å². The van der Waals surface area contributed by atoms with Gasteiger partial charge in [0.05, 0.1) is 12.7 Å². The Hall–Kier alpha value is -3.38. The molecular weight excluding hydrogens is 448 g/mol. The first-order chi connectivity index (χ1) is 14.5. The van der Waals surface area contributed by atoms with Gasteiger partial charge in [-0.15, -0.1) is 0 Å². The van der Waals surface area contributed by atoms with E-state index in [9.17, 15) is 9.59 Å². The van der Waals surface area contributed by atoms with Crippen LogP contribution in [0.15, 0.2) is 77.0 Å². The van der Waals surface area contributed by atoms with Gasteiger partial charge in [0, 0.05) is 16.1 Å². The first-order valence-corrected chi connectivity index (χ1v) is 9.97. The van der Waals surface area contributed by atoms with Crippen molar-refractivity contribution in [2.24, 2.45) is 0 Å². The van der Waals surface area contributed by atoms with E-state index >= 15 is 0 Å². The minimum absolute atomic E-state index is 0.124. The van der Waals surface area contributed by atoms with Crippen LogP contribution in [0.25, 0.3) is 6.08 Å². The van der Waals surface area contributed by atoms with Crippen LogP contribution in [-0.4, -0.2) is 25.3 Å². The van der Waals surface area contributed by atoms with Gasteiger partial charge in [0.15, 0.2) is 18.1 Å². The molecule has 0 saturated carbocycles. The SMILES string of the molecule is COc1ccc(C(=O)COc2ccc3c(c2)OC(=Cc2ccc(Br)cc2)C3=O)cc1. The monoisotopic (exact) mass is 464 g/mol. The number of carbonyl (C=O) groups is 2. The fourth-order valence-electron chi connectivity index (χ4n) is 2.98. The molecule has 3 aromatic rings. The van der Waals surface area contributed by atoms with Gasteiger partial charge >= 0.3 is 0 Å². The number of Topliss-reactive ketones (excluding diaryl/α,β-unsaturated/α-hetero) is 2. The molecule has 0 aliphatic carbocycles. The van der Waals surface area contributed by atoms with Crippen LogP contribution < -0.4 is 14.2 Å². The maximum atomic E-state index is 12.6. The normalized spacial score (nSPS) is 13.7. The van der Waals surface area contributed by atoms with Crippen LogP contribution in [0.2, 0.25) is 0 Å². The highest BCUT2D eigenvalue weighted by Crippen LogP contribution is 2.35. The van der Waals surface area contributed by atoms with E-state index in [-0.39, 0.29) is 23.9 Å². The maximum Gasteiger partial charge on any atom is 0.231 e. The van der Waals surface area contributed by atoms with Gasteiger partial charge in [-0.2, -0.15) is 0 Å². The molecule has 0 spiro atoms. The van der Waals surface area contributed by atoms with E-state index in [4.69, 9.17) is 14.2 Å². The molecule has 1 heterocycles. The van der Waals surface area contributed by atoms with E-state index in [1.54, 1.807) is 55.7 Å². The molecule has 0 amide bonds. The number of methoxy groups -OCH3 is 1. The topological polar surface area (TPSA) is 61.8 Å². The zero-order chi connectivity index (χ0) is 21.1. The minimum Gasteiger partial charge on any atom is -0.497 e. The summed E-state index contributed by atoms with van der Waals surface area (Å²) in [5, 5.41) is 0. The molecule has 0 unspecified atom stereocenters. The number of allylic oxidation sites excluding steroid dienone is 1.